The van der Waals surface area contributed by atoms with Crippen LogP contribution < -0.4 is 0 Å². The quantitative estimate of drug-likeness (QED) is 0.673. The number of aliphatic hydroxyl groups is 1. The number of rotatable bonds is 3. The van der Waals surface area contributed by atoms with Gasteiger partial charge in [0.05, 0.1) is 13.2 Å². The van der Waals surface area contributed by atoms with Crippen molar-refractivity contribution in [2.75, 3.05) is 26.0 Å². The van der Waals surface area contributed by atoms with E-state index >= 15 is 0 Å². The van der Waals surface area contributed by atoms with Gasteiger partial charge in [0.15, 0.2) is 5.75 Å². The van der Waals surface area contributed by atoms with E-state index in [0.29, 0.717) is 13.1 Å². The largest absolute Gasteiger partial charge is 0.468 e. The molecule has 2 fully saturated rings. The Morgan fingerprint density at radius 2 is 2.12 bits per heavy atom. The average molecular weight is 263 g/mol. The van der Waals surface area contributed by atoms with Crippen LogP contribution in [0.25, 0.3) is 0 Å². The Labute approximate surface area is 101 Å². The minimum atomic E-state index is -3.59. The van der Waals surface area contributed by atoms with Gasteiger partial charge < -0.3 is 9.84 Å². The van der Waals surface area contributed by atoms with Crippen LogP contribution in [0.1, 0.15) is 12.8 Å². The molecule has 0 amide bonds. The van der Waals surface area contributed by atoms with Gasteiger partial charge in [0.25, 0.3) is 0 Å². The van der Waals surface area contributed by atoms with E-state index in [0.717, 1.165) is 12.8 Å². The molecule has 1 saturated carbocycles. The minimum absolute atomic E-state index is 0.0300. The zero-order valence-electron chi connectivity index (χ0n) is 9.70. The topological polar surface area (TPSA) is 83.9 Å². The van der Waals surface area contributed by atoms with Crippen LogP contribution in [-0.4, -0.2) is 55.9 Å². The van der Waals surface area contributed by atoms with Gasteiger partial charge >= 0.3 is 5.97 Å². The zero-order chi connectivity index (χ0) is 12.6. The molecule has 1 N–H and O–H groups in total. The highest BCUT2D eigenvalue weighted by atomic mass is 32.2. The molecular formula is C10H17NO5S. The van der Waals surface area contributed by atoms with Crippen LogP contribution in [0, 0.1) is 11.8 Å². The summed E-state index contributed by atoms with van der Waals surface area (Å²) >= 11 is 0. The van der Waals surface area contributed by atoms with Gasteiger partial charge in [-0.15, -0.1) is 0 Å². The van der Waals surface area contributed by atoms with Crippen LogP contribution in [0.15, 0.2) is 0 Å². The van der Waals surface area contributed by atoms with Gasteiger partial charge in [0.1, 0.15) is 0 Å². The van der Waals surface area contributed by atoms with Crippen molar-refractivity contribution in [3.05, 3.63) is 0 Å². The maximum Gasteiger partial charge on any atom is 0.322 e. The molecule has 0 aromatic carbocycles. The highest BCUT2D eigenvalue weighted by Gasteiger charge is 2.45. The van der Waals surface area contributed by atoms with Crippen LogP contribution in [0.3, 0.4) is 0 Å². The maximum atomic E-state index is 11.9. The highest BCUT2D eigenvalue weighted by molar-refractivity contribution is 7.89. The summed E-state index contributed by atoms with van der Waals surface area (Å²) in [7, 11) is -2.42. The van der Waals surface area contributed by atoms with Gasteiger partial charge in [-0.3, -0.25) is 4.79 Å². The van der Waals surface area contributed by atoms with Crippen molar-refractivity contribution in [1.29, 1.82) is 0 Å². The molecule has 98 valence electrons. The van der Waals surface area contributed by atoms with Crippen molar-refractivity contribution in [3.8, 4) is 0 Å². The van der Waals surface area contributed by atoms with E-state index in [9.17, 15) is 18.3 Å². The first kappa shape index (κ1) is 12.8. The van der Waals surface area contributed by atoms with Gasteiger partial charge in [0.2, 0.25) is 10.0 Å². The Bertz CT molecular complexity index is 407. The Morgan fingerprint density at radius 1 is 1.41 bits per heavy atom. The summed E-state index contributed by atoms with van der Waals surface area (Å²) < 4.78 is 29.4. The van der Waals surface area contributed by atoms with Crippen molar-refractivity contribution in [2.24, 2.45) is 11.8 Å². The molecule has 0 spiro atoms. The van der Waals surface area contributed by atoms with E-state index in [4.69, 9.17) is 0 Å². The Hall–Kier alpha value is -0.660. The monoisotopic (exact) mass is 263 g/mol. The molecule has 0 radical (unpaired) electrons. The summed E-state index contributed by atoms with van der Waals surface area (Å²) in [5, 5.41) is 9.70. The molecule has 1 saturated heterocycles. The molecular weight excluding hydrogens is 246 g/mol. The Kier molecular flexibility index (Phi) is 3.42. The second-order valence-electron chi connectivity index (χ2n) is 4.72. The number of esters is 1. The molecule has 0 aromatic heterocycles. The highest BCUT2D eigenvalue weighted by Crippen LogP contribution is 2.39. The van der Waals surface area contributed by atoms with Crippen LogP contribution in [0.4, 0.5) is 0 Å². The predicted octanol–water partition coefficient (Wildman–Crippen LogP) is -0.808. The normalized spacial score (nSPS) is 33.6. The molecule has 0 bridgehead atoms. The van der Waals surface area contributed by atoms with Crippen LogP contribution >= 0.6 is 0 Å². The standard InChI is InChI=1S/C10H17NO5S/c1-16-10(13)6-17(14,15)11-4-7-2-3-9(12)8(7)5-11/h7-9,12H,2-6H2,1H3. The van der Waals surface area contributed by atoms with Crippen molar-refractivity contribution in [1.82, 2.24) is 4.31 Å². The van der Waals surface area contributed by atoms with Gasteiger partial charge in [0, 0.05) is 19.0 Å². The summed E-state index contributed by atoms with van der Waals surface area (Å²) in [6.07, 6.45) is 1.20. The van der Waals surface area contributed by atoms with Crippen molar-refractivity contribution in [3.63, 3.8) is 0 Å². The average Bonchev–Trinajstić information content (AvgIpc) is 2.81. The molecule has 3 unspecified atom stereocenters. The first-order valence-corrected chi connectivity index (χ1v) is 7.27. The molecule has 7 heteroatoms. The zero-order valence-corrected chi connectivity index (χ0v) is 10.5. The Balaban J connectivity index is 2.03. The lowest BCUT2D eigenvalue weighted by molar-refractivity contribution is -0.137. The minimum Gasteiger partial charge on any atom is -0.468 e. The van der Waals surface area contributed by atoms with E-state index in [1.54, 1.807) is 0 Å². The van der Waals surface area contributed by atoms with Gasteiger partial charge in [-0.25, -0.2) is 12.7 Å². The number of ether oxygens (including phenoxy) is 1. The molecule has 1 aliphatic carbocycles. The molecule has 6 nitrogen and oxygen atoms in total. The van der Waals surface area contributed by atoms with Gasteiger partial charge in [-0.05, 0) is 18.8 Å². The molecule has 2 rings (SSSR count). The van der Waals surface area contributed by atoms with Gasteiger partial charge in [-0.1, -0.05) is 0 Å². The maximum absolute atomic E-state index is 11.9. The molecule has 17 heavy (non-hydrogen) atoms. The first-order valence-electron chi connectivity index (χ1n) is 5.66. The van der Waals surface area contributed by atoms with Crippen molar-refractivity contribution in [2.45, 2.75) is 18.9 Å². The fourth-order valence-electron chi connectivity index (χ4n) is 2.72. The summed E-state index contributed by atoms with van der Waals surface area (Å²) in [5.41, 5.74) is 0. The lowest BCUT2D eigenvalue weighted by atomic mass is 10.00. The van der Waals surface area contributed by atoms with Crippen LogP contribution in [-0.2, 0) is 19.6 Å². The number of aliphatic hydroxyl groups excluding tert-OH is 1. The van der Waals surface area contributed by atoms with Crippen molar-refractivity contribution >= 4 is 16.0 Å². The molecule has 3 atom stereocenters. The second kappa shape index (κ2) is 4.55. The number of hydrogen-bond donors (Lipinski definition) is 1. The third-order valence-electron chi connectivity index (χ3n) is 3.71. The molecule has 2 aliphatic rings. The first-order chi connectivity index (χ1) is 7.94. The van der Waals surface area contributed by atoms with E-state index in [2.05, 4.69) is 4.74 Å². The number of sulfonamides is 1. The summed E-state index contributed by atoms with van der Waals surface area (Å²) in [4.78, 5) is 11.0. The Morgan fingerprint density at radius 3 is 2.71 bits per heavy atom. The summed E-state index contributed by atoms with van der Waals surface area (Å²) in [6.45, 7) is 0.742. The smallest absolute Gasteiger partial charge is 0.322 e. The number of fused-ring (bicyclic) bond motifs is 1. The third kappa shape index (κ3) is 2.46. The third-order valence-corrected chi connectivity index (χ3v) is 5.39. The molecule has 0 aromatic rings. The van der Waals surface area contributed by atoms with E-state index in [-0.39, 0.29) is 11.8 Å². The predicted molar refractivity (Wildman–Crippen MR) is 59.6 cm³/mol. The SMILES string of the molecule is COC(=O)CS(=O)(=O)N1CC2CCC(O)C2C1. The van der Waals surface area contributed by atoms with E-state index in [1.165, 1.54) is 11.4 Å². The van der Waals surface area contributed by atoms with Crippen LogP contribution in [0.2, 0.25) is 0 Å². The number of hydrogen-bond acceptors (Lipinski definition) is 5. The van der Waals surface area contributed by atoms with Crippen LogP contribution in [0.5, 0.6) is 0 Å². The lowest BCUT2D eigenvalue weighted by Crippen LogP contribution is -2.35. The molecule has 1 heterocycles. The summed E-state index contributed by atoms with van der Waals surface area (Å²) in [5.74, 6) is -1.10. The fourth-order valence-corrected chi connectivity index (χ4v) is 4.14. The molecule has 1 aliphatic heterocycles. The number of carbonyl (C=O) groups is 1. The number of methoxy groups -OCH3 is 1. The summed E-state index contributed by atoms with van der Waals surface area (Å²) in [6, 6.07) is 0. The van der Waals surface area contributed by atoms with E-state index in [1.807, 2.05) is 0 Å². The fraction of sp³-hybridized carbons (Fsp3) is 0.900. The lowest BCUT2D eigenvalue weighted by Gasteiger charge is -2.17. The van der Waals surface area contributed by atoms with E-state index < -0.39 is 27.8 Å². The van der Waals surface area contributed by atoms with Crippen molar-refractivity contribution < 1.29 is 23.1 Å². The number of nitrogens with zero attached hydrogens (tertiary/aromatic N) is 1. The number of carbonyl (C=O) groups excluding carboxylic acids is 1. The second-order valence-corrected chi connectivity index (χ2v) is 6.69. The van der Waals surface area contributed by atoms with Gasteiger partial charge in [-0.2, -0.15) is 0 Å².